The molecular weight excluding hydrogens is 345 g/mol. The first kappa shape index (κ1) is 22.1. The summed E-state index contributed by atoms with van der Waals surface area (Å²) in [5.74, 6) is 0.278. The summed E-state index contributed by atoms with van der Waals surface area (Å²) in [4.78, 5) is 2.33. The molecule has 3 nitrogen and oxygen atoms in total. The highest BCUT2D eigenvalue weighted by molar-refractivity contribution is 5.85. The van der Waals surface area contributed by atoms with E-state index in [9.17, 15) is 8.78 Å². The first-order chi connectivity index (χ1) is 10.2. The van der Waals surface area contributed by atoms with Gasteiger partial charge in [-0.15, -0.1) is 31.4 Å². The maximum atomic E-state index is 12.6. The molecule has 132 valence electrons. The number of nitrogens with one attached hydrogen (secondary N) is 1. The molecule has 0 bridgehead atoms. The molecular formula is C16H24Cl2F2N2O. The number of para-hydroxylation sites is 1. The Morgan fingerprint density at radius 1 is 1.22 bits per heavy atom. The van der Waals surface area contributed by atoms with E-state index in [1.807, 2.05) is 18.2 Å². The second kappa shape index (κ2) is 11.6. The van der Waals surface area contributed by atoms with E-state index in [0.29, 0.717) is 0 Å². The number of alkyl halides is 2. The minimum atomic E-state index is -2.80. The van der Waals surface area contributed by atoms with Crippen LogP contribution in [0.2, 0.25) is 0 Å². The first-order valence-corrected chi connectivity index (χ1v) is 7.31. The summed E-state index contributed by atoms with van der Waals surface area (Å²) in [5, 5.41) is 3.31. The van der Waals surface area contributed by atoms with Crippen molar-refractivity contribution in [2.24, 2.45) is 0 Å². The third kappa shape index (κ3) is 6.63. The third-order valence-electron chi connectivity index (χ3n) is 3.73. The molecule has 23 heavy (non-hydrogen) atoms. The molecule has 0 spiro atoms. The maximum Gasteiger partial charge on any atom is 0.387 e. The zero-order valence-electron chi connectivity index (χ0n) is 12.9. The number of benzene rings is 1. The Hall–Kier alpha value is -0.880. The average molecular weight is 369 g/mol. The van der Waals surface area contributed by atoms with Crippen LogP contribution in [-0.2, 0) is 0 Å². The average Bonchev–Trinajstić information content (AvgIpc) is 2.50. The van der Waals surface area contributed by atoms with Crippen molar-refractivity contribution < 1.29 is 13.5 Å². The zero-order chi connectivity index (χ0) is 15.1. The molecule has 1 aliphatic heterocycles. The lowest BCUT2D eigenvalue weighted by atomic mass is 9.98. The Bertz CT molecular complexity index is 457. The molecule has 1 aromatic rings. The van der Waals surface area contributed by atoms with Gasteiger partial charge in [-0.25, -0.2) is 0 Å². The van der Waals surface area contributed by atoms with E-state index in [4.69, 9.17) is 4.74 Å². The molecule has 0 aromatic heterocycles. The van der Waals surface area contributed by atoms with Crippen LogP contribution in [0, 0.1) is 0 Å². The number of nitrogens with zero attached hydrogens (tertiary/aromatic N) is 1. The molecule has 1 fully saturated rings. The minimum Gasteiger partial charge on any atom is -0.434 e. The van der Waals surface area contributed by atoms with Gasteiger partial charge in [0, 0.05) is 37.8 Å². The van der Waals surface area contributed by atoms with Crippen LogP contribution in [0.5, 0.6) is 5.75 Å². The summed E-state index contributed by atoms with van der Waals surface area (Å²) in [7, 11) is 0. The predicted molar refractivity (Wildman–Crippen MR) is 94.2 cm³/mol. The first-order valence-electron chi connectivity index (χ1n) is 7.31. The van der Waals surface area contributed by atoms with Gasteiger partial charge in [0.05, 0.1) is 0 Å². The van der Waals surface area contributed by atoms with Gasteiger partial charge in [-0.1, -0.05) is 24.3 Å². The summed E-state index contributed by atoms with van der Waals surface area (Å²) in [6, 6.07) is 7.18. The molecule has 2 rings (SSSR count). The Labute approximate surface area is 148 Å². The summed E-state index contributed by atoms with van der Waals surface area (Å²) >= 11 is 0. The number of piperazine rings is 1. The lowest BCUT2D eigenvalue weighted by molar-refractivity contribution is -0.0513. The van der Waals surface area contributed by atoms with Crippen LogP contribution in [0.3, 0.4) is 0 Å². The van der Waals surface area contributed by atoms with E-state index in [-0.39, 0.29) is 36.6 Å². The summed E-state index contributed by atoms with van der Waals surface area (Å²) in [6.45, 7) is 4.62. The second-order valence-corrected chi connectivity index (χ2v) is 5.08. The lowest BCUT2D eigenvalue weighted by Crippen LogP contribution is -2.45. The molecule has 1 heterocycles. The van der Waals surface area contributed by atoms with Gasteiger partial charge in [-0.2, -0.15) is 8.78 Å². The van der Waals surface area contributed by atoms with Crippen LogP contribution in [0.25, 0.3) is 0 Å². The van der Waals surface area contributed by atoms with Crippen LogP contribution in [0.15, 0.2) is 36.9 Å². The van der Waals surface area contributed by atoms with Crippen molar-refractivity contribution in [2.45, 2.75) is 25.5 Å². The Balaban J connectivity index is 0.00000242. The number of hydrogen-bond acceptors (Lipinski definition) is 3. The highest BCUT2D eigenvalue weighted by Gasteiger charge is 2.24. The smallest absolute Gasteiger partial charge is 0.387 e. The largest absolute Gasteiger partial charge is 0.434 e. The number of rotatable bonds is 7. The van der Waals surface area contributed by atoms with E-state index < -0.39 is 6.61 Å². The van der Waals surface area contributed by atoms with E-state index in [2.05, 4.69) is 16.8 Å². The fourth-order valence-electron chi connectivity index (χ4n) is 2.76. The highest BCUT2D eigenvalue weighted by atomic mass is 35.5. The van der Waals surface area contributed by atoms with E-state index in [0.717, 1.165) is 44.6 Å². The Morgan fingerprint density at radius 3 is 2.48 bits per heavy atom. The van der Waals surface area contributed by atoms with E-state index >= 15 is 0 Å². The van der Waals surface area contributed by atoms with Crippen molar-refractivity contribution >= 4 is 24.8 Å². The van der Waals surface area contributed by atoms with E-state index in [1.54, 1.807) is 12.1 Å². The normalized spacial score (nSPS) is 16.1. The standard InChI is InChI=1S/C16H22F2N2O.2ClH/c1-2-3-7-14(20-11-9-19-10-12-20)13-6-4-5-8-15(13)21-16(17)18;;/h2,4-6,8,14,16,19H,1,3,7,9-12H2;2*1H/t14-;;/m1../s1. The van der Waals surface area contributed by atoms with Crippen molar-refractivity contribution in [3.05, 3.63) is 42.5 Å². The molecule has 1 saturated heterocycles. The Kier molecular flexibility index (Phi) is 11.2. The lowest BCUT2D eigenvalue weighted by Gasteiger charge is -2.35. The van der Waals surface area contributed by atoms with Crippen LogP contribution in [0.1, 0.15) is 24.4 Å². The van der Waals surface area contributed by atoms with Gasteiger partial charge in [0.1, 0.15) is 5.75 Å². The summed E-state index contributed by atoms with van der Waals surface area (Å²) in [5.41, 5.74) is 0.835. The van der Waals surface area contributed by atoms with Crippen LogP contribution in [0.4, 0.5) is 8.78 Å². The third-order valence-corrected chi connectivity index (χ3v) is 3.73. The fourth-order valence-corrected chi connectivity index (χ4v) is 2.76. The molecule has 1 aromatic carbocycles. The van der Waals surface area contributed by atoms with Gasteiger partial charge in [0.2, 0.25) is 0 Å². The van der Waals surface area contributed by atoms with Crippen molar-refractivity contribution in [3.63, 3.8) is 0 Å². The molecule has 0 saturated carbocycles. The van der Waals surface area contributed by atoms with Gasteiger partial charge < -0.3 is 10.1 Å². The van der Waals surface area contributed by atoms with Crippen LogP contribution in [-0.4, -0.2) is 37.7 Å². The summed E-state index contributed by atoms with van der Waals surface area (Å²) in [6.07, 6.45) is 3.57. The van der Waals surface area contributed by atoms with Crippen LogP contribution >= 0.6 is 24.8 Å². The molecule has 0 unspecified atom stereocenters. The number of halogens is 4. The molecule has 0 amide bonds. The van der Waals surface area contributed by atoms with Crippen LogP contribution < -0.4 is 10.1 Å². The van der Waals surface area contributed by atoms with Crippen molar-refractivity contribution in [3.8, 4) is 5.75 Å². The number of ether oxygens (including phenoxy) is 1. The van der Waals surface area contributed by atoms with Gasteiger partial charge in [-0.05, 0) is 18.9 Å². The summed E-state index contributed by atoms with van der Waals surface area (Å²) < 4.78 is 29.9. The van der Waals surface area contributed by atoms with Crippen molar-refractivity contribution in [1.82, 2.24) is 10.2 Å². The molecule has 0 aliphatic carbocycles. The van der Waals surface area contributed by atoms with Gasteiger partial charge in [0.25, 0.3) is 0 Å². The van der Waals surface area contributed by atoms with Gasteiger partial charge >= 0.3 is 6.61 Å². The molecule has 1 aliphatic rings. The second-order valence-electron chi connectivity index (χ2n) is 5.08. The fraction of sp³-hybridized carbons (Fsp3) is 0.500. The highest BCUT2D eigenvalue weighted by Crippen LogP contribution is 2.33. The Morgan fingerprint density at radius 2 is 1.87 bits per heavy atom. The minimum absolute atomic E-state index is 0. The molecule has 1 N–H and O–H groups in total. The zero-order valence-corrected chi connectivity index (χ0v) is 14.6. The van der Waals surface area contributed by atoms with E-state index in [1.165, 1.54) is 0 Å². The van der Waals surface area contributed by atoms with Gasteiger partial charge in [-0.3, -0.25) is 4.90 Å². The topological polar surface area (TPSA) is 24.5 Å². The monoisotopic (exact) mass is 368 g/mol. The molecule has 0 radical (unpaired) electrons. The SMILES string of the molecule is C=CCC[C@H](c1ccccc1OC(F)F)N1CCNCC1.Cl.Cl. The van der Waals surface area contributed by atoms with Crippen molar-refractivity contribution in [1.29, 1.82) is 0 Å². The maximum absolute atomic E-state index is 12.6. The number of allylic oxidation sites excluding steroid dienone is 1. The number of hydrogen-bond donors (Lipinski definition) is 1. The van der Waals surface area contributed by atoms with Crippen molar-refractivity contribution in [2.75, 3.05) is 26.2 Å². The quantitative estimate of drug-likeness (QED) is 0.734. The van der Waals surface area contributed by atoms with Gasteiger partial charge in [0.15, 0.2) is 0 Å². The predicted octanol–water partition coefficient (Wildman–Crippen LogP) is 4.04. The molecule has 7 heteroatoms. The molecule has 1 atom stereocenters.